The third kappa shape index (κ3) is 7.17. The van der Waals surface area contributed by atoms with Crippen molar-refractivity contribution in [2.75, 3.05) is 6.61 Å². The molecule has 33 heavy (non-hydrogen) atoms. The van der Waals surface area contributed by atoms with E-state index in [0.29, 0.717) is 6.42 Å². The lowest BCUT2D eigenvalue weighted by atomic mass is 9.93. The van der Waals surface area contributed by atoms with Gasteiger partial charge in [-0.05, 0) is 30.9 Å². The summed E-state index contributed by atoms with van der Waals surface area (Å²) in [6, 6.07) is 5.68. The number of rotatable bonds is 9. The van der Waals surface area contributed by atoms with E-state index in [9.17, 15) is 31.3 Å². The summed E-state index contributed by atoms with van der Waals surface area (Å²) in [6.45, 7) is 6.98. The summed E-state index contributed by atoms with van der Waals surface area (Å²) in [7, 11) is -4.93. The molecule has 0 heterocycles. The second-order valence-corrected chi connectivity index (χ2v) is 9.84. The fraction of sp³-hybridized carbons (Fsp3) is 0.381. The maximum Gasteiger partial charge on any atom is 0.513 e. The zero-order valence-corrected chi connectivity index (χ0v) is 19.2. The van der Waals surface area contributed by atoms with Crippen LogP contribution in [0.2, 0.25) is 0 Å². The van der Waals surface area contributed by atoms with Gasteiger partial charge in [-0.2, -0.15) is 13.9 Å². The Morgan fingerprint density at radius 2 is 1.45 bits per heavy atom. The van der Waals surface area contributed by atoms with E-state index in [0.717, 1.165) is 0 Å². The van der Waals surface area contributed by atoms with Gasteiger partial charge in [-0.1, -0.05) is 39.0 Å². The number of halogens is 5. The highest BCUT2D eigenvalue weighted by Crippen LogP contribution is 2.47. The minimum absolute atomic E-state index is 0.0245. The van der Waals surface area contributed by atoms with Crippen LogP contribution >= 0.6 is 7.75 Å². The van der Waals surface area contributed by atoms with Crippen molar-refractivity contribution < 1.29 is 45.1 Å². The third-order valence-electron chi connectivity index (χ3n) is 4.15. The first-order valence-electron chi connectivity index (χ1n) is 9.74. The van der Waals surface area contributed by atoms with Crippen molar-refractivity contribution in [3.05, 3.63) is 59.4 Å². The molecule has 0 saturated carbocycles. The Kier molecular flexibility index (Phi) is 8.48. The molecule has 1 unspecified atom stereocenters. The van der Waals surface area contributed by atoms with Crippen LogP contribution in [-0.4, -0.2) is 18.6 Å². The smallest absolute Gasteiger partial charge is 0.465 e. The number of hydrogen-bond acceptors (Lipinski definition) is 5. The van der Waals surface area contributed by atoms with Crippen LogP contribution in [0.25, 0.3) is 0 Å². The number of carbonyl (C=O) groups excluding carboxylic acids is 1. The van der Waals surface area contributed by atoms with Gasteiger partial charge in [0.1, 0.15) is 11.8 Å². The predicted octanol–water partition coefficient (Wildman–Crippen LogP) is 5.91. The Balaban J connectivity index is 2.33. The fourth-order valence-electron chi connectivity index (χ4n) is 2.35. The highest BCUT2D eigenvalue weighted by Gasteiger charge is 2.38. The van der Waals surface area contributed by atoms with E-state index in [1.807, 2.05) is 20.8 Å². The minimum Gasteiger partial charge on any atom is -0.465 e. The van der Waals surface area contributed by atoms with E-state index in [1.54, 1.807) is 6.07 Å². The maximum atomic E-state index is 14.1. The van der Waals surface area contributed by atoms with Crippen molar-refractivity contribution in [2.24, 2.45) is 5.41 Å². The first kappa shape index (κ1) is 26.6. The number of esters is 1. The van der Waals surface area contributed by atoms with E-state index in [1.165, 1.54) is 31.2 Å². The maximum absolute atomic E-state index is 14.1. The molecule has 6 nitrogen and oxygen atoms in total. The first-order chi connectivity index (χ1) is 15.2. The summed E-state index contributed by atoms with van der Waals surface area (Å²) in [5.74, 6) is -14.6. The van der Waals surface area contributed by atoms with Gasteiger partial charge in [0.05, 0.1) is 6.61 Å². The molecule has 0 fully saturated rings. The largest absolute Gasteiger partial charge is 0.513 e. The number of ether oxygens (including phenoxy) is 1. The Morgan fingerprint density at radius 3 is 1.97 bits per heavy atom. The second kappa shape index (κ2) is 10.5. The number of para-hydroxylation sites is 1. The molecule has 0 radical (unpaired) electrons. The number of benzene rings is 2. The van der Waals surface area contributed by atoms with Gasteiger partial charge in [0.25, 0.3) is 0 Å². The number of hydrogen-bond donors (Lipinski definition) is 1. The van der Waals surface area contributed by atoms with Gasteiger partial charge in [0.2, 0.25) is 34.8 Å². The molecule has 0 bridgehead atoms. The molecule has 0 aliphatic rings. The van der Waals surface area contributed by atoms with Crippen LogP contribution in [0.3, 0.4) is 0 Å². The fourth-order valence-corrected chi connectivity index (χ4v) is 3.87. The molecule has 12 heteroatoms. The van der Waals surface area contributed by atoms with Gasteiger partial charge in [-0.15, -0.1) is 0 Å². The predicted molar refractivity (Wildman–Crippen MR) is 109 cm³/mol. The molecular formula is C21H23F5NO5P. The van der Waals surface area contributed by atoms with Crippen LogP contribution in [0.5, 0.6) is 11.5 Å². The van der Waals surface area contributed by atoms with Crippen LogP contribution in [0, 0.1) is 34.5 Å². The van der Waals surface area contributed by atoms with Gasteiger partial charge in [0, 0.05) is 0 Å². The molecule has 0 saturated heterocycles. The standard InChI is InChI=1S/C21H23F5NO5P/c1-12(20(28)30-11-10-21(2,3)4)27-33(29,31-13-8-6-5-7-9-13)32-19-17(25)15(23)14(22)16(24)18(19)26/h5-9,12H,10-11H2,1-4H3,(H,27,29)/t12-,33?/m0/s1. The summed E-state index contributed by atoms with van der Waals surface area (Å²) in [5, 5.41) is 2.11. The Bertz CT molecular complexity index is 1020. The van der Waals surface area contributed by atoms with Gasteiger partial charge < -0.3 is 13.8 Å². The van der Waals surface area contributed by atoms with Gasteiger partial charge in [-0.3, -0.25) is 4.79 Å². The van der Waals surface area contributed by atoms with Crippen LogP contribution < -0.4 is 14.1 Å². The zero-order valence-electron chi connectivity index (χ0n) is 18.3. The van der Waals surface area contributed by atoms with E-state index in [4.69, 9.17) is 9.26 Å². The normalized spacial score (nSPS) is 14.3. The first-order valence-corrected chi connectivity index (χ1v) is 11.3. The monoisotopic (exact) mass is 495 g/mol. The summed E-state index contributed by atoms with van der Waals surface area (Å²) in [4.78, 5) is 12.3. The van der Waals surface area contributed by atoms with Crippen molar-refractivity contribution in [1.82, 2.24) is 5.09 Å². The molecule has 0 spiro atoms. The van der Waals surface area contributed by atoms with E-state index < -0.39 is 54.6 Å². The highest BCUT2D eigenvalue weighted by molar-refractivity contribution is 7.52. The topological polar surface area (TPSA) is 73.9 Å². The quantitative estimate of drug-likeness (QED) is 0.153. The van der Waals surface area contributed by atoms with Crippen molar-refractivity contribution in [2.45, 2.75) is 40.2 Å². The van der Waals surface area contributed by atoms with Crippen molar-refractivity contribution in [1.29, 1.82) is 0 Å². The minimum atomic E-state index is -4.93. The number of nitrogens with one attached hydrogen (secondary N) is 1. The molecule has 0 aromatic heterocycles. The highest BCUT2D eigenvalue weighted by atomic mass is 31.2. The van der Waals surface area contributed by atoms with Crippen LogP contribution in [-0.2, 0) is 14.1 Å². The Labute approximate surface area is 187 Å². The second-order valence-electron chi connectivity index (χ2n) is 8.22. The zero-order chi connectivity index (χ0) is 25.0. The van der Waals surface area contributed by atoms with E-state index in [-0.39, 0.29) is 17.8 Å². The SMILES string of the molecule is C[C@H](NP(=O)(Oc1ccccc1)Oc1c(F)c(F)c(F)c(F)c1F)C(=O)OCCC(C)(C)C. The molecule has 182 valence electrons. The molecule has 2 aromatic carbocycles. The number of carbonyl (C=O) groups is 1. The summed E-state index contributed by atoms with van der Waals surface area (Å²) < 4.78 is 96.9. The lowest BCUT2D eigenvalue weighted by molar-refractivity contribution is -0.145. The van der Waals surface area contributed by atoms with Gasteiger partial charge in [-0.25, -0.2) is 17.7 Å². The van der Waals surface area contributed by atoms with E-state index >= 15 is 0 Å². The molecule has 2 atom stereocenters. The molecule has 1 N–H and O–H groups in total. The molecule has 2 aromatic rings. The summed E-state index contributed by atoms with van der Waals surface area (Å²) in [6.07, 6.45) is 0.505. The van der Waals surface area contributed by atoms with Crippen LogP contribution in [0.1, 0.15) is 34.1 Å². The lowest BCUT2D eigenvalue weighted by Gasteiger charge is -2.24. The lowest BCUT2D eigenvalue weighted by Crippen LogP contribution is -2.36. The summed E-state index contributed by atoms with van der Waals surface area (Å²) in [5.41, 5.74) is -0.141. The molecule has 0 amide bonds. The molecule has 2 rings (SSSR count). The van der Waals surface area contributed by atoms with Crippen LogP contribution in [0.15, 0.2) is 30.3 Å². The molecular weight excluding hydrogens is 472 g/mol. The van der Waals surface area contributed by atoms with Crippen molar-refractivity contribution in [3.8, 4) is 11.5 Å². The molecule has 0 aliphatic carbocycles. The van der Waals surface area contributed by atoms with Crippen LogP contribution in [0.4, 0.5) is 22.0 Å². The van der Waals surface area contributed by atoms with Gasteiger partial charge >= 0.3 is 13.7 Å². The van der Waals surface area contributed by atoms with E-state index in [2.05, 4.69) is 9.61 Å². The van der Waals surface area contributed by atoms with Gasteiger partial charge in [0.15, 0.2) is 0 Å². The van der Waals surface area contributed by atoms with Crippen molar-refractivity contribution in [3.63, 3.8) is 0 Å². The Morgan fingerprint density at radius 1 is 0.939 bits per heavy atom. The molecule has 0 aliphatic heterocycles. The van der Waals surface area contributed by atoms with Crippen molar-refractivity contribution >= 4 is 13.7 Å². The summed E-state index contributed by atoms with van der Waals surface area (Å²) >= 11 is 0. The Hall–Kier alpha value is -2.65. The average molecular weight is 495 g/mol. The average Bonchev–Trinajstić information content (AvgIpc) is 2.73. The third-order valence-corrected chi connectivity index (χ3v) is 5.73.